The molecule has 1 aromatic heterocycles. The van der Waals surface area contributed by atoms with Gasteiger partial charge in [0.05, 0.1) is 5.69 Å². The number of carbonyl (C=O) groups is 1. The Morgan fingerprint density at radius 2 is 2.44 bits per heavy atom. The molecule has 1 fully saturated rings. The van der Waals surface area contributed by atoms with Gasteiger partial charge in [0.15, 0.2) is 5.13 Å². The van der Waals surface area contributed by atoms with E-state index in [4.69, 9.17) is 6.42 Å². The van der Waals surface area contributed by atoms with E-state index < -0.39 is 0 Å². The summed E-state index contributed by atoms with van der Waals surface area (Å²) in [7, 11) is 0. The fraction of sp³-hybridized carbons (Fsp3) is 0.500. The monoisotopic (exact) mass is 234 g/mol. The van der Waals surface area contributed by atoms with Crippen molar-refractivity contribution in [1.29, 1.82) is 0 Å². The van der Waals surface area contributed by atoms with E-state index in [0.29, 0.717) is 18.9 Å². The number of hydrogen-bond donors (Lipinski definition) is 0. The van der Waals surface area contributed by atoms with Gasteiger partial charge in [0.25, 0.3) is 0 Å². The van der Waals surface area contributed by atoms with Crippen LogP contribution >= 0.6 is 11.3 Å². The minimum absolute atomic E-state index is 0.0406. The second kappa shape index (κ2) is 4.26. The van der Waals surface area contributed by atoms with Gasteiger partial charge in [0, 0.05) is 24.3 Å². The highest BCUT2D eigenvalue weighted by Crippen LogP contribution is 2.29. The SMILES string of the molecule is C#CC1CC(=O)N(c2nc(C(C)C)cs2)C1. The summed E-state index contributed by atoms with van der Waals surface area (Å²) in [5.74, 6) is 3.16. The zero-order valence-corrected chi connectivity index (χ0v) is 10.3. The van der Waals surface area contributed by atoms with Crippen LogP contribution in [0.25, 0.3) is 0 Å². The number of amides is 1. The molecule has 0 aromatic carbocycles. The molecule has 16 heavy (non-hydrogen) atoms. The molecule has 2 heterocycles. The third-order valence-corrected chi connectivity index (χ3v) is 3.57. The van der Waals surface area contributed by atoms with Crippen LogP contribution in [0.4, 0.5) is 5.13 Å². The summed E-state index contributed by atoms with van der Waals surface area (Å²) in [6.45, 7) is 4.80. The molecule has 1 atom stereocenters. The second-order valence-electron chi connectivity index (χ2n) is 4.28. The van der Waals surface area contributed by atoms with Crippen molar-refractivity contribution < 1.29 is 4.79 Å². The Balaban J connectivity index is 2.19. The van der Waals surface area contributed by atoms with Crippen LogP contribution in [0.3, 0.4) is 0 Å². The summed E-state index contributed by atoms with van der Waals surface area (Å²) in [5.41, 5.74) is 1.04. The zero-order chi connectivity index (χ0) is 11.7. The maximum absolute atomic E-state index is 11.7. The van der Waals surface area contributed by atoms with Crippen LogP contribution in [0, 0.1) is 18.3 Å². The van der Waals surface area contributed by atoms with Gasteiger partial charge in [-0.05, 0) is 5.92 Å². The van der Waals surface area contributed by atoms with E-state index in [0.717, 1.165) is 10.8 Å². The van der Waals surface area contributed by atoms with E-state index >= 15 is 0 Å². The number of nitrogens with zero attached hydrogens (tertiary/aromatic N) is 2. The van der Waals surface area contributed by atoms with Crippen LogP contribution in [0.2, 0.25) is 0 Å². The van der Waals surface area contributed by atoms with Gasteiger partial charge in [-0.15, -0.1) is 23.7 Å². The summed E-state index contributed by atoms with van der Waals surface area (Å²) in [4.78, 5) is 17.9. The molecule has 4 heteroatoms. The van der Waals surface area contributed by atoms with Crippen LogP contribution < -0.4 is 4.90 Å². The van der Waals surface area contributed by atoms with Crippen molar-refractivity contribution in [2.45, 2.75) is 26.2 Å². The highest BCUT2D eigenvalue weighted by molar-refractivity contribution is 7.14. The standard InChI is InChI=1S/C12H14N2OS/c1-4-9-5-11(15)14(6-9)12-13-10(7-16-12)8(2)3/h1,7-9H,5-6H2,2-3H3. The number of carbonyl (C=O) groups excluding carboxylic acids is 1. The Bertz CT molecular complexity index is 444. The molecule has 1 saturated heterocycles. The summed E-state index contributed by atoms with van der Waals surface area (Å²) in [6, 6.07) is 0. The van der Waals surface area contributed by atoms with Gasteiger partial charge in [-0.1, -0.05) is 13.8 Å². The fourth-order valence-electron chi connectivity index (χ4n) is 1.67. The molecule has 1 amide bonds. The second-order valence-corrected chi connectivity index (χ2v) is 5.12. The molecule has 2 rings (SSSR count). The van der Waals surface area contributed by atoms with Gasteiger partial charge < -0.3 is 0 Å². The molecule has 1 aliphatic rings. The third kappa shape index (κ3) is 1.96. The van der Waals surface area contributed by atoms with Crippen LogP contribution in [-0.4, -0.2) is 17.4 Å². The first-order valence-corrected chi connectivity index (χ1v) is 6.21. The van der Waals surface area contributed by atoms with Gasteiger partial charge in [-0.2, -0.15) is 0 Å². The number of terminal acetylenes is 1. The smallest absolute Gasteiger partial charge is 0.230 e. The first kappa shape index (κ1) is 11.2. The molecule has 0 radical (unpaired) electrons. The predicted octanol–water partition coefficient (Wildman–Crippen LogP) is 2.25. The number of rotatable bonds is 2. The van der Waals surface area contributed by atoms with Crippen molar-refractivity contribution in [2.75, 3.05) is 11.4 Å². The number of aromatic nitrogens is 1. The first-order valence-electron chi connectivity index (χ1n) is 5.33. The summed E-state index contributed by atoms with van der Waals surface area (Å²) in [6.07, 6.45) is 5.80. The maximum atomic E-state index is 11.7. The summed E-state index contributed by atoms with van der Waals surface area (Å²) in [5, 5.41) is 2.79. The average Bonchev–Trinajstić information content (AvgIpc) is 2.83. The molecule has 0 aliphatic carbocycles. The van der Waals surface area contributed by atoms with E-state index in [1.54, 1.807) is 4.90 Å². The normalized spacial score (nSPS) is 20.5. The van der Waals surface area contributed by atoms with Crippen molar-refractivity contribution in [2.24, 2.45) is 5.92 Å². The van der Waals surface area contributed by atoms with Crippen LogP contribution in [0.1, 0.15) is 31.9 Å². The average molecular weight is 234 g/mol. The maximum Gasteiger partial charge on any atom is 0.230 e. The van der Waals surface area contributed by atoms with Crippen molar-refractivity contribution in [3.8, 4) is 12.3 Å². The molecule has 0 N–H and O–H groups in total. The van der Waals surface area contributed by atoms with Crippen molar-refractivity contribution in [3.05, 3.63) is 11.1 Å². The summed E-state index contributed by atoms with van der Waals surface area (Å²) < 4.78 is 0. The van der Waals surface area contributed by atoms with Crippen LogP contribution in [0.15, 0.2) is 5.38 Å². The van der Waals surface area contributed by atoms with Gasteiger partial charge in [0.2, 0.25) is 5.91 Å². The number of anilines is 1. The summed E-state index contributed by atoms with van der Waals surface area (Å²) >= 11 is 1.52. The van der Waals surface area contributed by atoms with E-state index in [9.17, 15) is 4.79 Å². The third-order valence-electron chi connectivity index (χ3n) is 2.69. The highest BCUT2D eigenvalue weighted by atomic mass is 32.1. The molecular weight excluding hydrogens is 220 g/mol. The molecule has 1 aliphatic heterocycles. The molecule has 0 spiro atoms. The minimum atomic E-state index is 0.0406. The van der Waals surface area contributed by atoms with Crippen molar-refractivity contribution in [1.82, 2.24) is 4.98 Å². The zero-order valence-electron chi connectivity index (χ0n) is 9.43. The molecule has 3 nitrogen and oxygen atoms in total. The fourth-order valence-corrected chi connectivity index (χ4v) is 2.68. The predicted molar refractivity (Wildman–Crippen MR) is 65.5 cm³/mol. The quantitative estimate of drug-likeness (QED) is 0.735. The first-order chi connectivity index (χ1) is 7.61. The lowest BCUT2D eigenvalue weighted by Gasteiger charge is -2.11. The van der Waals surface area contributed by atoms with Crippen LogP contribution in [-0.2, 0) is 4.79 Å². The lowest BCUT2D eigenvalue weighted by molar-refractivity contribution is -0.117. The largest absolute Gasteiger partial charge is 0.287 e. The van der Waals surface area contributed by atoms with Gasteiger partial charge in [-0.25, -0.2) is 4.98 Å². The Kier molecular flexibility index (Phi) is 2.97. The molecule has 1 unspecified atom stereocenters. The van der Waals surface area contributed by atoms with E-state index in [-0.39, 0.29) is 11.8 Å². The molecule has 1 aromatic rings. The Labute approximate surface area is 99.5 Å². The minimum Gasteiger partial charge on any atom is -0.287 e. The van der Waals surface area contributed by atoms with Crippen molar-refractivity contribution >= 4 is 22.4 Å². The number of thiazole rings is 1. The van der Waals surface area contributed by atoms with Gasteiger partial charge in [0.1, 0.15) is 0 Å². The Morgan fingerprint density at radius 1 is 1.69 bits per heavy atom. The lowest BCUT2D eigenvalue weighted by atomic mass is 10.1. The van der Waals surface area contributed by atoms with Crippen LogP contribution in [0.5, 0.6) is 0 Å². The van der Waals surface area contributed by atoms with E-state index in [1.165, 1.54) is 11.3 Å². The highest BCUT2D eigenvalue weighted by Gasteiger charge is 2.31. The van der Waals surface area contributed by atoms with E-state index in [2.05, 4.69) is 24.8 Å². The van der Waals surface area contributed by atoms with Gasteiger partial charge in [-0.3, -0.25) is 9.69 Å². The number of hydrogen-bond acceptors (Lipinski definition) is 3. The topological polar surface area (TPSA) is 33.2 Å². The Hall–Kier alpha value is -1.34. The molecule has 84 valence electrons. The molecule has 0 saturated carbocycles. The Morgan fingerprint density at radius 3 is 2.94 bits per heavy atom. The lowest BCUT2D eigenvalue weighted by Crippen LogP contribution is -2.24. The molecule has 0 bridgehead atoms. The van der Waals surface area contributed by atoms with E-state index in [1.807, 2.05) is 5.38 Å². The van der Waals surface area contributed by atoms with Crippen molar-refractivity contribution in [3.63, 3.8) is 0 Å². The molecular formula is C12H14N2OS. The van der Waals surface area contributed by atoms with Gasteiger partial charge >= 0.3 is 0 Å².